The second kappa shape index (κ2) is 6.79. The molecule has 0 saturated carbocycles. The van der Waals surface area contributed by atoms with E-state index in [1.807, 2.05) is 0 Å². The van der Waals surface area contributed by atoms with Gasteiger partial charge in [0, 0.05) is 13.0 Å². The maximum Gasteiger partial charge on any atom is 0.238 e. The van der Waals surface area contributed by atoms with Crippen molar-refractivity contribution >= 4 is 11.6 Å². The standard InChI is InChI=1S/C11H15FN2O2/c12-9-5-1-2-6-10(9)13-14-11(16)7-3-4-8-15/h1-2,5-6,13,15H,3-4,7-8H2,(H,14,16). The zero-order chi connectivity index (χ0) is 11.8. The maximum absolute atomic E-state index is 13.1. The lowest BCUT2D eigenvalue weighted by atomic mass is 10.2. The first-order chi connectivity index (χ1) is 7.74. The quantitative estimate of drug-likeness (QED) is 0.508. The van der Waals surface area contributed by atoms with E-state index in [0.717, 1.165) is 0 Å². The van der Waals surface area contributed by atoms with Crippen molar-refractivity contribution in [1.29, 1.82) is 0 Å². The van der Waals surface area contributed by atoms with E-state index in [-0.39, 0.29) is 18.2 Å². The molecule has 0 aromatic heterocycles. The van der Waals surface area contributed by atoms with Gasteiger partial charge in [0.25, 0.3) is 0 Å². The van der Waals surface area contributed by atoms with Crippen LogP contribution in [0.4, 0.5) is 10.1 Å². The number of carbonyl (C=O) groups is 1. The Balaban J connectivity index is 2.29. The average molecular weight is 226 g/mol. The van der Waals surface area contributed by atoms with Crippen LogP contribution in [0.1, 0.15) is 19.3 Å². The molecule has 0 saturated heterocycles. The summed E-state index contributed by atoms with van der Waals surface area (Å²) in [5.74, 6) is -0.644. The van der Waals surface area contributed by atoms with E-state index in [1.165, 1.54) is 12.1 Å². The third-order valence-electron chi connectivity index (χ3n) is 2.02. The Morgan fingerprint density at radius 3 is 2.75 bits per heavy atom. The van der Waals surface area contributed by atoms with Gasteiger partial charge in [0.05, 0.1) is 5.69 Å². The molecule has 1 aromatic rings. The Morgan fingerprint density at radius 2 is 2.06 bits per heavy atom. The van der Waals surface area contributed by atoms with Gasteiger partial charge in [-0.2, -0.15) is 0 Å². The highest BCUT2D eigenvalue weighted by atomic mass is 19.1. The fraction of sp³-hybridized carbons (Fsp3) is 0.364. The molecule has 0 fully saturated rings. The van der Waals surface area contributed by atoms with Crippen LogP contribution in [0, 0.1) is 5.82 Å². The van der Waals surface area contributed by atoms with Crippen molar-refractivity contribution in [3.05, 3.63) is 30.1 Å². The summed E-state index contributed by atoms with van der Waals surface area (Å²) in [7, 11) is 0. The molecule has 1 rings (SSSR count). The highest BCUT2D eigenvalue weighted by Gasteiger charge is 2.02. The molecule has 0 aliphatic heterocycles. The van der Waals surface area contributed by atoms with Gasteiger partial charge in [-0.1, -0.05) is 12.1 Å². The molecule has 5 heteroatoms. The minimum Gasteiger partial charge on any atom is -0.396 e. The largest absolute Gasteiger partial charge is 0.396 e. The fourth-order valence-corrected chi connectivity index (χ4v) is 1.16. The Hall–Kier alpha value is -1.62. The summed E-state index contributed by atoms with van der Waals surface area (Å²) in [5, 5.41) is 8.53. The van der Waals surface area contributed by atoms with Crippen LogP contribution >= 0.6 is 0 Å². The third kappa shape index (κ3) is 4.27. The van der Waals surface area contributed by atoms with Crippen molar-refractivity contribution in [2.45, 2.75) is 19.3 Å². The van der Waals surface area contributed by atoms with Gasteiger partial charge in [0.1, 0.15) is 5.82 Å². The highest BCUT2D eigenvalue weighted by Crippen LogP contribution is 2.10. The number of hydrogen-bond donors (Lipinski definition) is 3. The number of hydrogen-bond acceptors (Lipinski definition) is 3. The average Bonchev–Trinajstić information content (AvgIpc) is 2.28. The zero-order valence-electron chi connectivity index (χ0n) is 8.87. The molecule has 0 aliphatic rings. The molecule has 3 N–H and O–H groups in total. The molecular weight excluding hydrogens is 211 g/mol. The van der Waals surface area contributed by atoms with E-state index in [9.17, 15) is 9.18 Å². The molecule has 1 amide bonds. The Kier molecular flexibility index (Phi) is 5.28. The summed E-state index contributed by atoms with van der Waals surface area (Å²) < 4.78 is 13.1. The summed E-state index contributed by atoms with van der Waals surface area (Å²) in [6, 6.07) is 6.08. The monoisotopic (exact) mass is 226 g/mol. The number of carbonyl (C=O) groups excluding carboxylic acids is 1. The van der Waals surface area contributed by atoms with Gasteiger partial charge < -0.3 is 5.11 Å². The fourth-order valence-electron chi connectivity index (χ4n) is 1.16. The summed E-state index contributed by atoms with van der Waals surface area (Å²) in [5.41, 5.74) is 5.12. The van der Waals surface area contributed by atoms with Crippen LogP contribution in [-0.2, 0) is 4.79 Å². The van der Waals surface area contributed by atoms with Crippen LogP contribution in [0.3, 0.4) is 0 Å². The minimum atomic E-state index is -0.418. The van der Waals surface area contributed by atoms with Gasteiger partial charge >= 0.3 is 0 Å². The van der Waals surface area contributed by atoms with Crippen LogP contribution in [0.25, 0.3) is 0 Å². The molecule has 16 heavy (non-hydrogen) atoms. The van der Waals surface area contributed by atoms with E-state index in [4.69, 9.17) is 5.11 Å². The van der Waals surface area contributed by atoms with Gasteiger partial charge in [-0.05, 0) is 25.0 Å². The van der Waals surface area contributed by atoms with Gasteiger partial charge in [0.2, 0.25) is 5.91 Å². The van der Waals surface area contributed by atoms with Gasteiger partial charge in [-0.15, -0.1) is 0 Å². The zero-order valence-corrected chi connectivity index (χ0v) is 8.87. The Morgan fingerprint density at radius 1 is 1.31 bits per heavy atom. The molecule has 0 aliphatic carbocycles. The number of benzene rings is 1. The van der Waals surface area contributed by atoms with Crippen molar-refractivity contribution < 1.29 is 14.3 Å². The lowest BCUT2D eigenvalue weighted by Crippen LogP contribution is -2.29. The van der Waals surface area contributed by atoms with Crippen molar-refractivity contribution in [3.8, 4) is 0 Å². The molecule has 0 unspecified atom stereocenters. The predicted molar refractivity (Wildman–Crippen MR) is 59.1 cm³/mol. The van der Waals surface area contributed by atoms with Crippen molar-refractivity contribution in [3.63, 3.8) is 0 Å². The van der Waals surface area contributed by atoms with Crippen molar-refractivity contribution in [2.24, 2.45) is 0 Å². The number of anilines is 1. The Bertz CT molecular complexity index is 345. The van der Waals surface area contributed by atoms with Crippen molar-refractivity contribution in [2.75, 3.05) is 12.0 Å². The van der Waals surface area contributed by atoms with Gasteiger partial charge in [-0.25, -0.2) is 4.39 Å². The number of amides is 1. The second-order valence-electron chi connectivity index (χ2n) is 3.33. The number of aliphatic hydroxyl groups excluding tert-OH is 1. The van der Waals surface area contributed by atoms with E-state index >= 15 is 0 Å². The van der Waals surface area contributed by atoms with Crippen LogP contribution in [-0.4, -0.2) is 17.6 Å². The first-order valence-corrected chi connectivity index (χ1v) is 5.14. The van der Waals surface area contributed by atoms with Crippen LogP contribution in [0.2, 0.25) is 0 Å². The Labute approximate surface area is 93.4 Å². The van der Waals surface area contributed by atoms with Crippen LogP contribution in [0.5, 0.6) is 0 Å². The summed E-state index contributed by atoms with van der Waals surface area (Å²) in [6.45, 7) is 0.0774. The number of aliphatic hydroxyl groups is 1. The first kappa shape index (κ1) is 12.4. The van der Waals surface area contributed by atoms with E-state index < -0.39 is 5.82 Å². The number of halogens is 1. The smallest absolute Gasteiger partial charge is 0.238 e. The van der Waals surface area contributed by atoms with E-state index in [2.05, 4.69) is 10.9 Å². The first-order valence-electron chi connectivity index (χ1n) is 5.14. The lowest BCUT2D eigenvalue weighted by Gasteiger charge is -2.08. The lowest BCUT2D eigenvalue weighted by molar-refractivity contribution is -0.120. The topological polar surface area (TPSA) is 61.4 Å². The molecule has 0 spiro atoms. The van der Waals surface area contributed by atoms with E-state index in [0.29, 0.717) is 19.3 Å². The number of para-hydroxylation sites is 1. The van der Waals surface area contributed by atoms with Gasteiger partial charge in [-0.3, -0.25) is 15.6 Å². The number of unbranched alkanes of at least 4 members (excludes halogenated alkanes) is 1. The molecule has 0 atom stereocenters. The van der Waals surface area contributed by atoms with Crippen molar-refractivity contribution in [1.82, 2.24) is 5.43 Å². The molecule has 0 radical (unpaired) electrons. The van der Waals surface area contributed by atoms with Crippen LogP contribution < -0.4 is 10.9 Å². The minimum absolute atomic E-state index is 0.0774. The summed E-state index contributed by atoms with van der Waals surface area (Å²) in [6.07, 6.45) is 1.51. The highest BCUT2D eigenvalue weighted by molar-refractivity contribution is 5.77. The molecule has 0 bridgehead atoms. The SMILES string of the molecule is O=C(CCCCO)NNc1ccccc1F. The normalized spacial score (nSPS) is 9.88. The molecular formula is C11H15FN2O2. The number of hydrazine groups is 1. The number of nitrogens with one attached hydrogen (secondary N) is 2. The molecule has 88 valence electrons. The van der Waals surface area contributed by atoms with Crippen LogP contribution in [0.15, 0.2) is 24.3 Å². The predicted octanol–water partition coefficient (Wildman–Crippen LogP) is 1.43. The third-order valence-corrected chi connectivity index (χ3v) is 2.02. The summed E-state index contributed by atoms with van der Waals surface area (Å²) >= 11 is 0. The maximum atomic E-state index is 13.1. The molecule has 4 nitrogen and oxygen atoms in total. The number of rotatable bonds is 6. The molecule has 1 aromatic carbocycles. The van der Waals surface area contributed by atoms with E-state index in [1.54, 1.807) is 12.1 Å². The van der Waals surface area contributed by atoms with Gasteiger partial charge in [0.15, 0.2) is 0 Å². The summed E-state index contributed by atoms with van der Waals surface area (Å²) in [4.78, 5) is 11.2. The second-order valence-corrected chi connectivity index (χ2v) is 3.33. The molecule has 0 heterocycles.